The summed E-state index contributed by atoms with van der Waals surface area (Å²) in [6.45, 7) is 1.25. The monoisotopic (exact) mass is 456 g/mol. The number of hydrogen-bond acceptors (Lipinski definition) is 3. The van der Waals surface area contributed by atoms with Crippen molar-refractivity contribution < 1.29 is 18.0 Å². The summed E-state index contributed by atoms with van der Waals surface area (Å²) >= 11 is 3.34. The van der Waals surface area contributed by atoms with E-state index in [1.54, 1.807) is 29.2 Å². The predicted octanol–water partition coefficient (Wildman–Crippen LogP) is 4.93. The summed E-state index contributed by atoms with van der Waals surface area (Å²) in [6.07, 6.45) is -0.484. The van der Waals surface area contributed by atoms with Crippen molar-refractivity contribution in [1.29, 1.82) is 0 Å². The Bertz CT molecular complexity index is 859. The molecule has 1 fully saturated rings. The molecule has 2 aliphatic heterocycles. The lowest BCUT2D eigenvalue weighted by molar-refractivity contribution is -0.173. The maximum absolute atomic E-state index is 13.7. The van der Waals surface area contributed by atoms with E-state index < -0.39 is 18.3 Å². The first-order valence-corrected chi connectivity index (χ1v) is 10.1. The van der Waals surface area contributed by atoms with Crippen LogP contribution in [0, 0.1) is 0 Å². The van der Waals surface area contributed by atoms with Crippen LogP contribution in [0.15, 0.2) is 34.9 Å². The van der Waals surface area contributed by atoms with Gasteiger partial charge in [-0.25, -0.2) is 4.68 Å². The summed E-state index contributed by atoms with van der Waals surface area (Å²) in [5.41, 5.74) is 0.944. The molecule has 1 N–H and O–H groups in total. The van der Waals surface area contributed by atoms with Crippen molar-refractivity contribution in [2.24, 2.45) is 0 Å². The van der Waals surface area contributed by atoms with Gasteiger partial charge >= 0.3 is 6.18 Å². The normalized spacial score (nSPS) is 22.5. The highest BCUT2D eigenvalue weighted by molar-refractivity contribution is 9.10. The molecule has 0 spiro atoms. The third-order valence-electron chi connectivity index (χ3n) is 5.38. The summed E-state index contributed by atoms with van der Waals surface area (Å²) in [6, 6.07) is 4.83. The number of nitrogens with one attached hydrogen (secondary N) is 1. The zero-order valence-corrected chi connectivity index (χ0v) is 16.6. The largest absolute Gasteiger partial charge is 0.410 e. The van der Waals surface area contributed by atoms with Crippen LogP contribution < -0.4 is 5.32 Å². The third kappa shape index (κ3) is 3.64. The number of piperidine rings is 1. The van der Waals surface area contributed by atoms with Gasteiger partial charge in [-0.3, -0.25) is 4.79 Å². The quantitative estimate of drug-likeness (QED) is 0.696. The highest BCUT2D eigenvalue weighted by atomic mass is 79.9. The predicted molar refractivity (Wildman–Crippen MR) is 102 cm³/mol. The number of carbonyl (C=O) groups is 1. The Morgan fingerprint density at radius 3 is 2.46 bits per heavy atom. The molecule has 1 amide bonds. The lowest BCUT2D eigenvalue weighted by Gasteiger charge is -2.34. The molecule has 0 saturated carbocycles. The molecule has 150 valence electrons. The van der Waals surface area contributed by atoms with E-state index in [1.807, 2.05) is 0 Å². The van der Waals surface area contributed by atoms with Gasteiger partial charge in [-0.1, -0.05) is 28.1 Å². The van der Waals surface area contributed by atoms with Gasteiger partial charge in [0.15, 0.2) is 6.04 Å². The molecule has 1 saturated heterocycles. The van der Waals surface area contributed by atoms with Gasteiger partial charge in [0.25, 0.3) is 5.91 Å². The minimum atomic E-state index is -4.46. The Hall–Kier alpha value is -2.03. The molecule has 0 unspecified atom stereocenters. The number of fused-ring (bicyclic) bond motifs is 1. The van der Waals surface area contributed by atoms with Gasteiger partial charge in [0.1, 0.15) is 11.4 Å². The second-order valence-corrected chi connectivity index (χ2v) is 8.16. The van der Waals surface area contributed by atoms with Crippen LogP contribution in [0.3, 0.4) is 0 Å². The number of anilines is 1. The number of hydrogen-bond donors (Lipinski definition) is 1. The van der Waals surface area contributed by atoms with E-state index in [-0.39, 0.29) is 23.7 Å². The van der Waals surface area contributed by atoms with Gasteiger partial charge in [-0.05, 0) is 37.0 Å². The van der Waals surface area contributed by atoms with Crippen molar-refractivity contribution >= 4 is 27.7 Å². The first-order chi connectivity index (χ1) is 13.3. The van der Waals surface area contributed by atoms with Crippen LogP contribution in [0.2, 0.25) is 0 Å². The minimum Gasteiger partial charge on any atom is -0.363 e. The van der Waals surface area contributed by atoms with Crippen LogP contribution >= 0.6 is 15.9 Å². The number of aromatic nitrogens is 2. The number of nitrogens with zero attached hydrogens (tertiary/aromatic N) is 3. The van der Waals surface area contributed by atoms with Gasteiger partial charge < -0.3 is 10.2 Å². The van der Waals surface area contributed by atoms with Crippen molar-refractivity contribution in [2.45, 2.75) is 43.9 Å². The first-order valence-electron chi connectivity index (χ1n) is 9.30. The minimum absolute atomic E-state index is 0.150. The van der Waals surface area contributed by atoms with E-state index in [2.05, 4.69) is 26.3 Å². The Kier molecular flexibility index (Phi) is 5.11. The molecule has 3 heterocycles. The first kappa shape index (κ1) is 19.3. The van der Waals surface area contributed by atoms with Crippen LogP contribution in [0.4, 0.5) is 19.0 Å². The van der Waals surface area contributed by atoms with Crippen LogP contribution in [-0.4, -0.2) is 39.9 Å². The van der Waals surface area contributed by atoms with Crippen molar-refractivity contribution in [3.63, 3.8) is 0 Å². The van der Waals surface area contributed by atoms with E-state index in [1.165, 1.54) is 6.20 Å². The van der Waals surface area contributed by atoms with Crippen molar-refractivity contribution in [1.82, 2.24) is 14.7 Å². The molecule has 1 aromatic carbocycles. The zero-order chi connectivity index (χ0) is 19.9. The Morgan fingerprint density at radius 1 is 1.14 bits per heavy atom. The maximum Gasteiger partial charge on any atom is 0.410 e. The molecule has 9 heteroatoms. The molecule has 0 aliphatic carbocycles. The van der Waals surface area contributed by atoms with Crippen molar-refractivity contribution in [3.8, 4) is 0 Å². The second-order valence-electron chi connectivity index (χ2n) is 7.25. The van der Waals surface area contributed by atoms with Gasteiger partial charge in [-0.2, -0.15) is 18.3 Å². The summed E-state index contributed by atoms with van der Waals surface area (Å²) in [5, 5.41) is 7.08. The fraction of sp³-hybridized carbons (Fsp3) is 0.474. The number of benzene rings is 1. The van der Waals surface area contributed by atoms with Crippen LogP contribution in [0.5, 0.6) is 0 Å². The summed E-state index contributed by atoms with van der Waals surface area (Å²) in [4.78, 5) is 14.6. The molecule has 4 rings (SSSR count). The molecule has 0 radical (unpaired) electrons. The van der Waals surface area contributed by atoms with Crippen LogP contribution in [-0.2, 0) is 0 Å². The number of halogens is 4. The number of rotatable bonds is 2. The zero-order valence-electron chi connectivity index (χ0n) is 15.0. The second kappa shape index (κ2) is 7.42. The highest BCUT2D eigenvalue weighted by Crippen LogP contribution is 2.44. The van der Waals surface area contributed by atoms with E-state index in [4.69, 9.17) is 0 Å². The lowest BCUT2D eigenvalue weighted by Crippen LogP contribution is -2.38. The Balaban J connectivity index is 1.70. The fourth-order valence-electron chi connectivity index (χ4n) is 3.90. The molecular weight excluding hydrogens is 437 g/mol. The van der Waals surface area contributed by atoms with E-state index >= 15 is 0 Å². The van der Waals surface area contributed by atoms with Crippen LogP contribution in [0.1, 0.15) is 53.7 Å². The lowest BCUT2D eigenvalue weighted by atomic mass is 9.96. The SMILES string of the molecule is O=C(c1cnn2c1N[C@H](c1ccc(Br)cc1)C[C@H]2C(F)(F)F)N1CCCCC1. The molecule has 5 nitrogen and oxygen atoms in total. The van der Waals surface area contributed by atoms with Gasteiger partial charge in [0.05, 0.1) is 12.2 Å². The average molecular weight is 457 g/mol. The van der Waals surface area contributed by atoms with Crippen LogP contribution in [0.25, 0.3) is 0 Å². The summed E-state index contributed by atoms with van der Waals surface area (Å²) in [7, 11) is 0. The fourth-order valence-corrected chi connectivity index (χ4v) is 4.16. The molecular formula is C19H20BrF3N4O. The number of likely N-dealkylation sites (tertiary alicyclic amines) is 1. The molecule has 0 bridgehead atoms. The molecule has 2 aromatic rings. The smallest absolute Gasteiger partial charge is 0.363 e. The third-order valence-corrected chi connectivity index (χ3v) is 5.91. The molecule has 2 aliphatic rings. The van der Waals surface area contributed by atoms with E-state index in [9.17, 15) is 18.0 Å². The highest BCUT2D eigenvalue weighted by Gasteiger charge is 2.47. The standard InChI is InChI=1S/C19H20BrF3N4O/c20-13-6-4-12(5-7-13)15-10-16(19(21,22)23)27-17(25-15)14(11-24-27)18(28)26-8-2-1-3-9-26/h4-7,11,15-16,25H,1-3,8-10H2/t15-,16-/m0/s1. The maximum atomic E-state index is 13.7. The average Bonchev–Trinajstić information content (AvgIpc) is 3.11. The molecule has 28 heavy (non-hydrogen) atoms. The van der Waals surface area contributed by atoms with Gasteiger partial charge in [-0.15, -0.1) is 0 Å². The van der Waals surface area contributed by atoms with Crippen molar-refractivity contribution in [3.05, 3.63) is 46.1 Å². The van der Waals surface area contributed by atoms with Gasteiger partial charge in [0, 0.05) is 24.0 Å². The Morgan fingerprint density at radius 2 is 1.82 bits per heavy atom. The molecule has 2 atom stereocenters. The van der Waals surface area contributed by atoms with E-state index in [0.717, 1.165) is 34.0 Å². The van der Waals surface area contributed by atoms with Gasteiger partial charge in [0.2, 0.25) is 0 Å². The Labute approximate surface area is 169 Å². The summed E-state index contributed by atoms with van der Waals surface area (Å²) in [5.74, 6) is -0.108. The summed E-state index contributed by atoms with van der Waals surface area (Å²) < 4.78 is 43.0. The topological polar surface area (TPSA) is 50.2 Å². The number of amides is 1. The van der Waals surface area contributed by atoms with Crippen molar-refractivity contribution in [2.75, 3.05) is 18.4 Å². The number of alkyl halides is 3. The van der Waals surface area contributed by atoms with E-state index in [0.29, 0.717) is 13.1 Å². The molecule has 1 aromatic heterocycles. The number of carbonyl (C=O) groups excluding carboxylic acids is 1.